The Morgan fingerprint density at radius 3 is 2.36 bits per heavy atom. The van der Waals surface area contributed by atoms with E-state index in [1.54, 1.807) is 45.2 Å². The highest BCUT2D eigenvalue weighted by Crippen LogP contribution is 2.28. The zero-order chi connectivity index (χ0) is 21.1. The number of rotatable bonds is 8. The van der Waals surface area contributed by atoms with Crippen LogP contribution >= 0.6 is 0 Å². The zero-order valence-corrected chi connectivity index (χ0v) is 18.0. The fraction of sp³-hybridized carbons (Fsp3) is 0.474. The number of aromatic nitrogens is 2. The van der Waals surface area contributed by atoms with E-state index < -0.39 is 10.0 Å². The molecule has 0 aliphatic carbocycles. The number of anilines is 1. The predicted octanol–water partition coefficient (Wildman–Crippen LogP) is 2.16. The molecule has 154 valence electrons. The summed E-state index contributed by atoms with van der Waals surface area (Å²) in [6.45, 7) is 6.83. The lowest BCUT2D eigenvalue weighted by Crippen LogP contribution is -2.43. The minimum absolute atomic E-state index is 0.0465. The van der Waals surface area contributed by atoms with Gasteiger partial charge >= 0.3 is 0 Å². The molecule has 1 N–H and O–H groups in total. The maximum Gasteiger partial charge on any atom is 0.268 e. The molecule has 0 aliphatic heterocycles. The number of nitrogens with one attached hydrogen (secondary N) is 1. The highest BCUT2D eigenvalue weighted by atomic mass is 32.2. The van der Waals surface area contributed by atoms with Gasteiger partial charge in [-0.05, 0) is 51.5 Å². The van der Waals surface area contributed by atoms with Crippen molar-refractivity contribution in [3.05, 3.63) is 35.7 Å². The molecule has 1 heterocycles. The molecule has 1 aromatic carbocycles. The van der Waals surface area contributed by atoms with Crippen molar-refractivity contribution in [2.24, 2.45) is 7.05 Å². The summed E-state index contributed by atoms with van der Waals surface area (Å²) in [5, 5.41) is 7.03. The summed E-state index contributed by atoms with van der Waals surface area (Å²) < 4.78 is 34.8. The number of nitrogens with zero attached hydrogens (tertiary/aromatic N) is 3. The van der Waals surface area contributed by atoms with Gasteiger partial charge in [0.2, 0.25) is 5.91 Å². The van der Waals surface area contributed by atoms with Crippen LogP contribution in [0, 0.1) is 13.8 Å². The van der Waals surface area contributed by atoms with Crippen LogP contribution in [0.5, 0.6) is 5.75 Å². The fourth-order valence-corrected chi connectivity index (χ4v) is 4.68. The summed E-state index contributed by atoms with van der Waals surface area (Å²) >= 11 is 0. The second kappa shape index (κ2) is 8.64. The molecular formula is C19H28N4O4S. The minimum Gasteiger partial charge on any atom is -0.497 e. The van der Waals surface area contributed by atoms with Crippen LogP contribution in [0.15, 0.2) is 29.2 Å². The molecule has 0 aliphatic rings. The first kappa shape index (κ1) is 21.7. The summed E-state index contributed by atoms with van der Waals surface area (Å²) in [6.07, 6.45) is 0.752. The number of aryl methyl sites for hydroxylation is 2. The Hall–Kier alpha value is -2.55. The van der Waals surface area contributed by atoms with Crippen LogP contribution < -0.4 is 14.4 Å². The molecule has 1 aromatic heterocycles. The summed E-state index contributed by atoms with van der Waals surface area (Å²) in [5.41, 5.74) is 1.28. The van der Waals surface area contributed by atoms with Crippen LogP contribution in [-0.4, -0.2) is 43.8 Å². The van der Waals surface area contributed by atoms with Crippen LogP contribution in [-0.2, 0) is 21.9 Å². The van der Waals surface area contributed by atoms with Crippen molar-refractivity contribution >= 4 is 21.6 Å². The van der Waals surface area contributed by atoms with Gasteiger partial charge < -0.3 is 10.1 Å². The molecule has 0 spiro atoms. The van der Waals surface area contributed by atoms with Crippen LogP contribution in [0.4, 0.5) is 5.69 Å². The molecule has 2 rings (SSSR count). The van der Waals surface area contributed by atoms with Crippen LogP contribution in [0.25, 0.3) is 0 Å². The van der Waals surface area contributed by atoms with E-state index in [1.807, 2.05) is 13.8 Å². The Morgan fingerprint density at radius 2 is 1.89 bits per heavy atom. The maximum atomic E-state index is 13.5. The van der Waals surface area contributed by atoms with Crippen molar-refractivity contribution in [1.82, 2.24) is 15.1 Å². The van der Waals surface area contributed by atoms with Crippen molar-refractivity contribution in [2.45, 2.75) is 45.1 Å². The number of sulfonamides is 1. The van der Waals surface area contributed by atoms with Crippen LogP contribution in [0.3, 0.4) is 0 Å². The van der Waals surface area contributed by atoms with Crippen molar-refractivity contribution in [3.63, 3.8) is 0 Å². The largest absolute Gasteiger partial charge is 0.497 e. The lowest BCUT2D eigenvalue weighted by molar-refractivity contribution is -0.120. The van der Waals surface area contributed by atoms with Gasteiger partial charge in [-0.2, -0.15) is 5.10 Å². The third kappa shape index (κ3) is 4.46. The SMILES string of the molecule is CC[C@H](C)NC(=O)CN(c1ccc(OC)cc1)S(=O)(=O)c1c(C)nn(C)c1C. The van der Waals surface area contributed by atoms with E-state index in [1.165, 1.54) is 11.8 Å². The van der Waals surface area contributed by atoms with Crippen molar-refractivity contribution in [3.8, 4) is 5.75 Å². The number of carbonyl (C=O) groups is 1. The molecule has 0 saturated carbocycles. The standard InChI is InChI=1S/C19H28N4O4S/c1-7-13(2)20-18(24)12-23(16-8-10-17(27-6)11-9-16)28(25,26)19-14(3)21-22(5)15(19)4/h8-11,13H,7,12H2,1-6H3,(H,20,24)/t13-/m0/s1. The van der Waals surface area contributed by atoms with E-state index in [9.17, 15) is 13.2 Å². The highest BCUT2D eigenvalue weighted by molar-refractivity contribution is 7.93. The highest BCUT2D eigenvalue weighted by Gasteiger charge is 2.32. The molecule has 0 fully saturated rings. The molecule has 8 nitrogen and oxygen atoms in total. The Balaban J connectivity index is 2.51. The Kier molecular flexibility index (Phi) is 6.71. The van der Waals surface area contributed by atoms with Gasteiger partial charge in [0.05, 0.1) is 24.2 Å². The van der Waals surface area contributed by atoms with E-state index in [0.717, 1.165) is 10.7 Å². The third-order valence-electron chi connectivity index (χ3n) is 4.66. The molecule has 28 heavy (non-hydrogen) atoms. The first-order chi connectivity index (χ1) is 13.1. The molecule has 0 bridgehead atoms. The minimum atomic E-state index is -4.00. The average molecular weight is 409 g/mol. The van der Waals surface area contributed by atoms with Crippen molar-refractivity contribution in [1.29, 1.82) is 0 Å². The van der Waals surface area contributed by atoms with E-state index in [-0.39, 0.29) is 23.4 Å². The first-order valence-electron chi connectivity index (χ1n) is 9.08. The Labute approximate surface area is 166 Å². The van der Waals surface area contributed by atoms with Gasteiger partial charge in [0, 0.05) is 13.1 Å². The van der Waals surface area contributed by atoms with E-state index in [2.05, 4.69) is 10.4 Å². The van der Waals surface area contributed by atoms with E-state index in [0.29, 0.717) is 22.8 Å². The number of amides is 1. The summed E-state index contributed by atoms with van der Waals surface area (Å²) in [7, 11) is -0.781. The molecule has 0 saturated heterocycles. The molecular weight excluding hydrogens is 380 g/mol. The van der Waals surface area contributed by atoms with Gasteiger partial charge in [0.25, 0.3) is 10.0 Å². The maximum absolute atomic E-state index is 13.5. The second-order valence-electron chi connectivity index (χ2n) is 6.71. The number of ether oxygens (including phenoxy) is 1. The van der Waals surface area contributed by atoms with Crippen molar-refractivity contribution in [2.75, 3.05) is 18.0 Å². The summed E-state index contributed by atoms with van der Waals surface area (Å²) in [4.78, 5) is 12.6. The number of methoxy groups -OCH3 is 1. The number of hydrogen-bond donors (Lipinski definition) is 1. The monoisotopic (exact) mass is 408 g/mol. The topological polar surface area (TPSA) is 93.5 Å². The molecule has 1 atom stereocenters. The number of hydrogen-bond acceptors (Lipinski definition) is 5. The number of carbonyl (C=O) groups excluding carboxylic acids is 1. The van der Waals surface area contributed by atoms with Gasteiger partial charge in [0.1, 0.15) is 17.2 Å². The number of benzene rings is 1. The molecule has 0 unspecified atom stereocenters. The van der Waals surface area contributed by atoms with E-state index >= 15 is 0 Å². The molecule has 9 heteroatoms. The third-order valence-corrected chi connectivity index (χ3v) is 6.69. The van der Waals surface area contributed by atoms with E-state index in [4.69, 9.17) is 4.74 Å². The van der Waals surface area contributed by atoms with Gasteiger partial charge in [-0.1, -0.05) is 6.92 Å². The lowest BCUT2D eigenvalue weighted by Gasteiger charge is -2.25. The summed E-state index contributed by atoms with van der Waals surface area (Å²) in [5.74, 6) is 0.229. The van der Waals surface area contributed by atoms with Gasteiger partial charge in [0.15, 0.2) is 0 Å². The first-order valence-corrected chi connectivity index (χ1v) is 10.5. The lowest BCUT2D eigenvalue weighted by atomic mass is 10.2. The molecule has 1 amide bonds. The Morgan fingerprint density at radius 1 is 1.29 bits per heavy atom. The van der Waals surface area contributed by atoms with Gasteiger partial charge in [-0.15, -0.1) is 0 Å². The van der Waals surface area contributed by atoms with Crippen molar-refractivity contribution < 1.29 is 17.9 Å². The zero-order valence-electron chi connectivity index (χ0n) is 17.2. The van der Waals surface area contributed by atoms with Crippen LogP contribution in [0.2, 0.25) is 0 Å². The normalized spacial score (nSPS) is 12.5. The van der Waals surface area contributed by atoms with Gasteiger partial charge in [-0.25, -0.2) is 8.42 Å². The second-order valence-corrected chi connectivity index (χ2v) is 8.51. The fourth-order valence-electron chi connectivity index (χ4n) is 2.85. The molecule has 0 radical (unpaired) electrons. The predicted molar refractivity (Wildman–Crippen MR) is 108 cm³/mol. The van der Waals surface area contributed by atoms with Gasteiger partial charge in [-0.3, -0.25) is 13.8 Å². The van der Waals surface area contributed by atoms with Crippen LogP contribution in [0.1, 0.15) is 31.7 Å². The quantitative estimate of drug-likeness (QED) is 0.722. The Bertz CT molecular complexity index is 936. The smallest absolute Gasteiger partial charge is 0.268 e. The summed E-state index contributed by atoms with van der Waals surface area (Å²) in [6, 6.07) is 6.51. The molecule has 2 aromatic rings. The average Bonchev–Trinajstić information content (AvgIpc) is 2.91.